The van der Waals surface area contributed by atoms with Gasteiger partial charge in [0.15, 0.2) is 0 Å². The Morgan fingerprint density at radius 1 is 0.762 bits per heavy atom. The number of anilines is 4. The van der Waals surface area contributed by atoms with Gasteiger partial charge in [0, 0.05) is 40.1 Å². The molecule has 5 heteroatoms. The van der Waals surface area contributed by atoms with Gasteiger partial charge in [0.2, 0.25) is 0 Å². The van der Waals surface area contributed by atoms with Crippen LogP contribution in [0, 0.1) is 17.2 Å². The third-order valence-electron chi connectivity index (χ3n) is 7.11. The van der Waals surface area contributed by atoms with Crippen molar-refractivity contribution < 1.29 is 9.90 Å². The average Bonchev–Trinajstić information content (AvgIpc) is 3.03. The van der Waals surface area contributed by atoms with Crippen LogP contribution in [-0.4, -0.2) is 11.1 Å². The molecule has 206 valence electrons. The van der Waals surface area contributed by atoms with Gasteiger partial charge in [-0.05, 0) is 78.7 Å². The van der Waals surface area contributed by atoms with Crippen molar-refractivity contribution >= 4 is 34.8 Å². The van der Waals surface area contributed by atoms with Crippen LogP contribution in [0.15, 0.2) is 157 Å². The van der Waals surface area contributed by atoms with E-state index < -0.39 is 5.97 Å². The van der Waals surface area contributed by atoms with E-state index in [2.05, 4.69) is 102 Å². The minimum atomic E-state index is -1.24. The van der Waals surface area contributed by atoms with E-state index in [1.807, 2.05) is 42.5 Å². The number of rotatable bonds is 9. The first-order chi connectivity index (χ1) is 20.5. The smallest absolute Gasteiger partial charge is 0.346 e. The minimum absolute atomic E-state index is 0.245. The molecule has 0 heterocycles. The van der Waals surface area contributed by atoms with Crippen molar-refractivity contribution in [3.05, 3.63) is 162 Å². The molecule has 5 nitrogen and oxygen atoms in total. The Balaban J connectivity index is 1.50. The molecule has 0 spiro atoms. The number of nitriles is 1. The van der Waals surface area contributed by atoms with Crippen molar-refractivity contribution in [1.82, 2.24) is 0 Å². The van der Waals surface area contributed by atoms with Crippen molar-refractivity contribution in [2.45, 2.75) is 13.3 Å². The highest BCUT2D eigenvalue weighted by Gasteiger charge is 2.26. The van der Waals surface area contributed by atoms with E-state index >= 15 is 0 Å². The van der Waals surface area contributed by atoms with Crippen LogP contribution in [0.4, 0.5) is 22.7 Å². The normalized spacial score (nSPS) is 15.0. The number of hydrogen-bond acceptors (Lipinski definition) is 4. The van der Waals surface area contributed by atoms with E-state index in [-0.39, 0.29) is 11.5 Å². The van der Waals surface area contributed by atoms with Crippen LogP contribution in [0.25, 0.3) is 6.08 Å². The number of aliphatic carboxylic acids is 1. The van der Waals surface area contributed by atoms with Crippen molar-refractivity contribution in [3.8, 4) is 6.07 Å². The number of benzene rings is 4. The van der Waals surface area contributed by atoms with Crippen LogP contribution >= 0.6 is 0 Å². The summed E-state index contributed by atoms with van der Waals surface area (Å²) >= 11 is 0. The van der Waals surface area contributed by atoms with Crippen molar-refractivity contribution in [2.75, 3.05) is 9.80 Å². The summed E-state index contributed by atoms with van der Waals surface area (Å²) in [7, 11) is 0. The number of allylic oxidation sites excluding steroid dienone is 6. The Kier molecular flexibility index (Phi) is 8.76. The molecule has 0 saturated carbocycles. The third-order valence-corrected chi connectivity index (χ3v) is 7.11. The number of carboxylic acids is 1. The Morgan fingerprint density at radius 3 is 1.74 bits per heavy atom. The number of nitrogens with zero attached hydrogens (tertiary/aromatic N) is 3. The molecule has 1 atom stereocenters. The molecule has 0 aromatic heterocycles. The Bertz CT molecular complexity index is 1640. The van der Waals surface area contributed by atoms with Gasteiger partial charge in [-0.25, -0.2) is 4.79 Å². The Morgan fingerprint density at radius 2 is 1.26 bits per heavy atom. The fourth-order valence-corrected chi connectivity index (χ4v) is 5.10. The second kappa shape index (κ2) is 13.2. The summed E-state index contributed by atoms with van der Waals surface area (Å²) in [4.78, 5) is 15.7. The molecule has 0 bridgehead atoms. The molecule has 1 N–H and O–H groups in total. The molecule has 1 unspecified atom stereocenters. The quantitative estimate of drug-likeness (QED) is 0.128. The maximum Gasteiger partial charge on any atom is 0.346 e. The standard InChI is InChI=1S/C37H31N3O2/c1-28-26-35(24-25-36(28)40(32-16-7-3-8-17-32)33-18-9-4-10-19-33)39(31-14-5-2-6-15-31)34-22-20-29(21-23-34)12-11-13-30(27-38)37(41)42/h2-25,28H,26H2,1H3,(H,41,42)/b12-11+,30-13+. The molecular formula is C37H31N3O2. The summed E-state index contributed by atoms with van der Waals surface area (Å²) in [6, 6.07) is 41.0. The molecule has 42 heavy (non-hydrogen) atoms. The lowest BCUT2D eigenvalue weighted by Gasteiger charge is -2.36. The van der Waals surface area contributed by atoms with Gasteiger partial charge in [0.05, 0.1) is 0 Å². The van der Waals surface area contributed by atoms with E-state index in [0.717, 1.165) is 34.7 Å². The molecule has 0 saturated heterocycles. The van der Waals surface area contributed by atoms with Gasteiger partial charge in [0.25, 0.3) is 0 Å². The molecule has 0 amide bonds. The largest absolute Gasteiger partial charge is 0.477 e. The molecule has 4 aromatic carbocycles. The topological polar surface area (TPSA) is 67.6 Å². The van der Waals surface area contributed by atoms with Crippen LogP contribution in [-0.2, 0) is 4.79 Å². The fourth-order valence-electron chi connectivity index (χ4n) is 5.10. The predicted octanol–water partition coefficient (Wildman–Crippen LogP) is 9.02. The third kappa shape index (κ3) is 6.41. The molecule has 0 fully saturated rings. The highest BCUT2D eigenvalue weighted by Crippen LogP contribution is 2.40. The zero-order chi connectivity index (χ0) is 29.3. The summed E-state index contributed by atoms with van der Waals surface area (Å²) in [5.41, 5.74) is 7.37. The molecule has 0 aliphatic heterocycles. The number of carbonyl (C=O) groups is 1. The summed E-state index contributed by atoms with van der Waals surface area (Å²) in [6.45, 7) is 2.27. The zero-order valence-electron chi connectivity index (χ0n) is 23.3. The van der Waals surface area contributed by atoms with E-state index in [4.69, 9.17) is 10.4 Å². The summed E-state index contributed by atoms with van der Waals surface area (Å²) in [6.07, 6.45) is 9.97. The maximum absolute atomic E-state index is 11.1. The molecule has 0 radical (unpaired) electrons. The minimum Gasteiger partial charge on any atom is -0.477 e. The predicted molar refractivity (Wildman–Crippen MR) is 170 cm³/mol. The van der Waals surface area contributed by atoms with Crippen LogP contribution < -0.4 is 9.80 Å². The van der Waals surface area contributed by atoms with Gasteiger partial charge >= 0.3 is 5.97 Å². The number of carboxylic acid groups (broad SMARTS) is 1. The first kappa shape index (κ1) is 27.9. The first-order valence-electron chi connectivity index (χ1n) is 13.8. The lowest BCUT2D eigenvalue weighted by molar-refractivity contribution is -0.132. The number of hydrogen-bond donors (Lipinski definition) is 1. The van der Waals surface area contributed by atoms with Crippen LogP contribution in [0.1, 0.15) is 18.9 Å². The zero-order valence-corrected chi connectivity index (χ0v) is 23.3. The Labute approximate surface area is 246 Å². The monoisotopic (exact) mass is 549 g/mol. The lowest BCUT2D eigenvalue weighted by atomic mass is 9.93. The van der Waals surface area contributed by atoms with Gasteiger partial charge in [-0.15, -0.1) is 0 Å². The van der Waals surface area contributed by atoms with E-state index in [9.17, 15) is 4.79 Å². The van der Waals surface area contributed by atoms with E-state index in [1.54, 1.807) is 18.2 Å². The second-order valence-electron chi connectivity index (χ2n) is 9.98. The van der Waals surface area contributed by atoms with Crippen LogP contribution in [0.5, 0.6) is 0 Å². The van der Waals surface area contributed by atoms with E-state index in [1.165, 1.54) is 17.5 Å². The van der Waals surface area contributed by atoms with Crippen molar-refractivity contribution in [3.63, 3.8) is 0 Å². The van der Waals surface area contributed by atoms with Gasteiger partial charge < -0.3 is 14.9 Å². The number of para-hydroxylation sites is 3. The molecule has 5 rings (SSSR count). The van der Waals surface area contributed by atoms with Gasteiger partial charge in [0.1, 0.15) is 11.6 Å². The van der Waals surface area contributed by atoms with Crippen LogP contribution in [0.2, 0.25) is 0 Å². The van der Waals surface area contributed by atoms with Crippen molar-refractivity contribution in [1.29, 1.82) is 5.26 Å². The highest BCUT2D eigenvalue weighted by molar-refractivity contribution is 5.91. The summed E-state index contributed by atoms with van der Waals surface area (Å²) in [5.74, 6) is -0.993. The molecule has 1 aliphatic carbocycles. The maximum atomic E-state index is 11.1. The lowest BCUT2D eigenvalue weighted by Crippen LogP contribution is -2.27. The second-order valence-corrected chi connectivity index (χ2v) is 9.98. The Hall–Kier alpha value is -5.60. The van der Waals surface area contributed by atoms with Crippen LogP contribution in [0.3, 0.4) is 0 Å². The van der Waals surface area contributed by atoms with Gasteiger partial charge in [-0.2, -0.15) is 5.26 Å². The highest BCUT2D eigenvalue weighted by atomic mass is 16.4. The average molecular weight is 550 g/mol. The fraction of sp³-hybridized carbons (Fsp3) is 0.0811. The molecule has 4 aromatic rings. The van der Waals surface area contributed by atoms with Crippen molar-refractivity contribution in [2.24, 2.45) is 5.92 Å². The molecule has 1 aliphatic rings. The van der Waals surface area contributed by atoms with Gasteiger partial charge in [-0.3, -0.25) is 0 Å². The summed E-state index contributed by atoms with van der Waals surface area (Å²) < 4.78 is 0. The first-order valence-corrected chi connectivity index (χ1v) is 13.8. The molecular weight excluding hydrogens is 518 g/mol. The summed E-state index contributed by atoms with van der Waals surface area (Å²) in [5, 5.41) is 18.0. The van der Waals surface area contributed by atoms with E-state index in [0.29, 0.717) is 0 Å². The SMILES string of the molecule is CC1CC(N(c2ccccc2)c2ccc(/C=C/C=C(\C#N)C(=O)O)cc2)=CC=C1N(c1ccccc1)c1ccccc1. The van der Waals surface area contributed by atoms with Gasteiger partial charge in [-0.1, -0.05) is 85.8 Å².